The van der Waals surface area contributed by atoms with E-state index in [1.165, 1.54) is 12.8 Å². The molecule has 2 atom stereocenters. The Hall–Kier alpha value is -2.21. The number of fused-ring (bicyclic) bond motifs is 2. The van der Waals surface area contributed by atoms with E-state index in [9.17, 15) is 4.79 Å². The molecule has 0 saturated carbocycles. The van der Waals surface area contributed by atoms with Crippen LogP contribution in [0.15, 0.2) is 30.7 Å². The van der Waals surface area contributed by atoms with Crippen molar-refractivity contribution in [3.63, 3.8) is 0 Å². The van der Waals surface area contributed by atoms with Gasteiger partial charge in [0.2, 0.25) is 5.91 Å². The zero-order valence-corrected chi connectivity index (χ0v) is 13.9. The third kappa shape index (κ3) is 3.06. The first-order valence-corrected chi connectivity index (χ1v) is 8.70. The molecule has 126 valence electrons. The number of rotatable bonds is 4. The Bertz CT molecular complexity index is 729. The fourth-order valence-corrected chi connectivity index (χ4v) is 4.09. The molecule has 2 fully saturated rings. The van der Waals surface area contributed by atoms with E-state index in [4.69, 9.17) is 0 Å². The topological polar surface area (TPSA) is 71.8 Å². The Balaban J connectivity index is 1.46. The first-order chi connectivity index (χ1) is 11.7. The second-order valence-electron chi connectivity index (χ2n) is 6.95. The Morgan fingerprint density at radius 3 is 2.79 bits per heavy atom. The lowest BCUT2D eigenvalue weighted by Gasteiger charge is -2.28. The molecule has 2 bridgehead atoms. The summed E-state index contributed by atoms with van der Waals surface area (Å²) >= 11 is 0. The molecular formula is C18H23N5O. The minimum atomic E-state index is 0.0771. The first-order valence-electron chi connectivity index (χ1n) is 8.70. The van der Waals surface area contributed by atoms with Gasteiger partial charge in [0.25, 0.3) is 0 Å². The number of aromatic nitrogens is 3. The van der Waals surface area contributed by atoms with Gasteiger partial charge < -0.3 is 10.6 Å². The molecule has 2 aromatic heterocycles. The van der Waals surface area contributed by atoms with Gasteiger partial charge in [-0.25, -0.2) is 9.97 Å². The molecule has 0 spiro atoms. The SMILES string of the molecule is Cc1nccn1-c1ncccc1NC(=O)CC1CC2CCC(C1)N2. The van der Waals surface area contributed by atoms with E-state index < -0.39 is 0 Å². The number of hydrogen-bond acceptors (Lipinski definition) is 4. The predicted molar refractivity (Wildman–Crippen MR) is 92.0 cm³/mol. The van der Waals surface area contributed by atoms with Gasteiger partial charge in [0, 0.05) is 37.1 Å². The molecule has 4 heterocycles. The highest BCUT2D eigenvalue weighted by Gasteiger charge is 2.34. The quantitative estimate of drug-likeness (QED) is 0.906. The van der Waals surface area contributed by atoms with Gasteiger partial charge in [0.05, 0.1) is 5.69 Å². The molecule has 2 aromatic rings. The van der Waals surface area contributed by atoms with Crippen LogP contribution in [0.3, 0.4) is 0 Å². The smallest absolute Gasteiger partial charge is 0.224 e. The summed E-state index contributed by atoms with van der Waals surface area (Å²) in [5, 5.41) is 6.68. The van der Waals surface area contributed by atoms with Crippen molar-refractivity contribution < 1.29 is 4.79 Å². The van der Waals surface area contributed by atoms with E-state index in [1.54, 1.807) is 12.4 Å². The summed E-state index contributed by atoms with van der Waals surface area (Å²) in [6, 6.07) is 4.97. The van der Waals surface area contributed by atoms with E-state index in [0.29, 0.717) is 30.2 Å². The van der Waals surface area contributed by atoms with Gasteiger partial charge in [0.15, 0.2) is 5.82 Å². The second-order valence-corrected chi connectivity index (χ2v) is 6.95. The van der Waals surface area contributed by atoms with Gasteiger partial charge in [-0.15, -0.1) is 0 Å². The van der Waals surface area contributed by atoms with Crippen molar-refractivity contribution in [3.8, 4) is 5.82 Å². The monoisotopic (exact) mass is 325 g/mol. The fraction of sp³-hybridized carbons (Fsp3) is 0.500. The van der Waals surface area contributed by atoms with Crippen LogP contribution >= 0.6 is 0 Å². The van der Waals surface area contributed by atoms with Crippen molar-refractivity contribution in [2.75, 3.05) is 5.32 Å². The maximum Gasteiger partial charge on any atom is 0.224 e. The predicted octanol–water partition coefficient (Wildman–Crippen LogP) is 2.43. The van der Waals surface area contributed by atoms with E-state index in [2.05, 4.69) is 20.6 Å². The number of nitrogens with zero attached hydrogens (tertiary/aromatic N) is 3. The van der Waals surface area contributed by atoms with Gasteiger partial charge in [-0.05, 0) is 50.7 Å². The molecule has 0 aliphatic carbocycles. The zero-order chi connectivity index (χ0) is 16.5. The number of hydrogen-bond donors (Lipinski definition) is 2. The average molecular weight is 325 g/mol. The second kappa shape index (κ2) is 6.36. The Kier molecular flexibility index (Phi) is 4.06. The third-order valence-corrected chi connectivity index (χ3v) is 5.16. The maximum absolute atomic E-state index is 12.5. The number of aryl methyl sites for hydroxylation is 1. The fourth-order valence-electron chi connectivity index (χ4n) is 4.09. The molecule has 6 heteroatoms. The van der Waals surface area contributed by atoms with Gasteiger partial charge in [-0.1, -0.05) is 0 Å². The Morgan fingerprint density at radius 2 is 2.08 bits per heavy atom. The van der Waals surface area contributed by atoms with Crippen LogP contribution in [0.5, 0.6) is 0 Å². The highest BCUT2D eigenvalue weighted by molar-refractivity contribution is 5.92. The van der Waals surface area contributed by atoms with Crippen LogP contribution in [0.4, 0.5) is 5.69 Å². The van der Waals surface area contributed by atoms with Crippen molar-refractivity contribution in [2.24, 2.45) is 5.92 Å². The maximum atomic E-state index is 12.5. The van der Waals surface area contributed by atoms with Crippen molar-refractivity contribution in [1.82, 2.24) is 19.9 Å². The van der Waals surface area contributed by atoms with Gasteiger partial charge >= 0.3 is 0 Å². The molecule has 4 rings (SSSR count). The minimum Gasteiger partial charge on any atom is -0.323 e. The highest BCUT2D eigenvalue weighted by atomic mass is 16.1. The van der Waals surface area contributed by atoms with E-state index in [1.807, 2.05) is 29.8 Å². The van der Waals surface area contributed by atoms with Crippen LogP contribution < -0.4 is 10.6 Å². The summed E-state index contributed by atoms with van der Waals surface area (Å²) < 4.78 is 1.89. The number of pyridine rings is 1. The summed E-state index contributed by atoms with van der Waals surface area (Å²) in [6.45, 7) is 1.92. The van der Waals surface area contributed by atoms with Gasteiger partial charge in [-0.3, -0.25) is 9.36 Å². The molecule has 2 N–H and O–H groups in total. The number of imidazole rings is 1. The number of amides is 1. The summed E-state index contributed by atoms with van der Waals surface area (Å²) in [5.41, 5.74) is 0.737. The number of piperidine rings is 1. The molecule has 2 aliphatic heterocycles. The molecule has 0 aromatic carbocycles. The summed E-state index contributed by atoms with van der Waals surface area (Å²) in [5.74, 6) is 2.12. The van der Waals surface area contributed by atoms with E-state index >= 15 is 0 Å². The lowest BCUT2D eigenvalue weighted by atomic mass is 9.89. The lowest BCUT2D eigenvalue weighted by molar-refractivity contribution is -0.117. The van der Waals surface area contributed by atoms with Crippen LogP contribution in [-0.4, -0.2) is 32.5 Å². The van der Waals surface area contributed by atoms with Crippen LogP contribution in [0, 0.1) is 12.8 Å². The van der Waals surface area contributed by atoms with Gasteiger partial charge in [-0.2, -0.15) is 0 Å². The first kappa shape index (κ1) is 15.3. The summed E-state index contributed by atoms with van der Waals surface area (Å²) in [7, 11) is 0. The number of nitrogens with one attached hydrogen (secondary N) is 2. The standard InChI is InChI=1S/C18H23N5O/c1-12-19-7-8-23(12)18-16(3-2-6-20-18)22-17(24)11-13-9-14-4-5-15(10-13)21-14/h2-3,6-8,13-15,21H,4-5,9-11H2,1H3,(H,22,24). The molecule has 24 heavy (non-hydrogen) atoms. The van der Waals surface area contributed by atoms with Crippen molar-refractivity contribution in [2.45, 2.75) is 51.1 Å². The lowest BCUT2D eigenvalue weighted by Crippen LogP contribution is -2.39. The number of carbonyl (C=O) groups is 1. The molecule has 6 nitrogen and oxygen atoms in total. The largest absolute Gasteiger partial charge is 0.323 e. The highest BCUT2D eigenvalue weighted by Crippen LogP contribution is 2.33. The van der Waals surface area contributed by atoms with E-state index in [0.717, 1.165) is 24.4 Å². The molecule has 0 radical (unpaired) electrons. The molecule has 2 saturated heterocycles. The third-order valence-electron chi connectivity index (χ3n) is 5.16. The molecular weight excluding hydrogens is 302 g/mol. The molecule has 2 unspecified atom stereocenters. The van der Waals surface area contributed by atoms with Crippen LogP contribution in [0.1, 0.15) is 37.9 Å². The summed E-state index contributed by atoms with van der Waals surface area (Å²) in [4.78, 5) is 21.2. The number of carbonyl (C=O) groups excluding carboxylic acids is 1. The Labute approximate surface area is 141 Å². The van der Waals surface area contributed by atoms with Crippen LogP contribution in [0.2, 0.25) is 0 Å². The van der Waals surface area contributed by atoms with Gasteiger partial charge in [0.1, 0.15) is 5.82 Å². The zero-order valence-electron chi connectivity index (χ0n) is 13.9. The molecule has 1 amide bonds. The normalized spacial score (nSPS) is 25.6. The summed E-state index contributed by atoms with van der Waals surface area (Å²) in [6.07, 6.45) is 10.7. The van der Waals surface area contributed by atoms with Crippen molar-refractivity contribution >= 4 is 11.6 Å². The molecule has 2 aliphatic rings. The average Bonchev–Trinajstić information content (AvgIpc) is 3.13. The van der Waals surface area contributed by atoms with Crippen molar-refractivity contribution in [3.05, 3.63) is 36.5 Å². The van der Waals surface area contributed by atoms with E-state index in [-0.39, 0.29) is 5.91 Å². The minimum absolute atomic E-state index is 0.0771. The number of anilines is 1. The van der Waals surface area contributed by atoms with Crippen LogP contribution in [-0.2, 0) is 4.79 Å². The Morgan fingerprint density at radius 1 is 1.29 bits per heavy atom. The van der Waals surface area contributed by atoms with Crippen molar-refractivity contribution in [1.29, 1.82) is 0 Å². The van der Waals surface area contributed by atoms with Crippen LogP contribution in [0.25, 0.3) is 5.82 Å².